The Labute approximate surface area is 108 Å². The molecule has 0 bridgehead atoms. The van der Waals surface area contributed by atoms with Crippen LogP contribution in [-0.2, 0) is 9.84 Å². The second-order valence-electron chi connectivity index (χ2n) is 4.67. The zero-order chi connectivity index (χ0) is 13.0. The van der Waals surface area contributed by atoms with Gasteiger partial charge in [0.1, 0.15) is 5.75 Å². The molecule has 0 aromatic heterocycles. The van der Waals surface area contributed by atoms with E-state index < -0.39 is 9.84 Å². The maximum absolute atomic E-state index is 12.2. The van der Waals surface area contributed by atoms with E-state index in [1.54, 1.807) is 31.4 Å². The molecule has 0 amide bonds. The molecule has 100 valence electrons. The number of benzene rings is 1. The molecule has 2 rings (SSSR count). The molecule has 0 saturated carbocycles. The third-order valence-electron chi connectivity index (χ3n) is 3.27. The fraction of sp³-hybridized carbons (Fsp3) is 0.538. The summed E-state index contributed by atoms with van der Waals surface area (Å²) >= 11 is 0. The van der Waals surface area contributed by atoms with Crippen LogP contribution in [0.5, 0.6) is 5.75 Å². The van der Waals surface area contributed by atoms with Gasteiger partial charge in [-0.1, -0.05) is 0 Å². The standard InChI is InChI=1S/C13H19NO3S/c1-17-12-4-6-13(7-5-12)18(15,16)10-11-3-2-8-14-9-11/h4-7,11,14H,2-3,8-10H2,1H3. The first-order valence-electron chi connectivity index (χ1n) is 6.19. The van der Waals surface area contributed by atoms with Gasteiger partial charge in [0.2, 0.25) is 0 Å². The monoisotopic (exact) mass is 269 g/mol. The summed E-state index contributed by atoms with van der Waals surface area (Å²) in [6.45, 7) is 1.80. The first-order chi connectivity index (χ1) is 8.62. The van der Waals surface area contributed by atoms with Crippen LogP contribution in [0.1, 0.15) is 12.8 Å². The van der Waals surface area contributed by atoms with Crippen molar-refractivity contribution in [2.75, 3.05) is 26.0 Å². The Hall–Kier alpha value is -1.07. The van der Waals surface area contributed by atoms with Crippen molar-refractivity contribution < 1.29 is 13.2 Å². The van der Waals surface area contributed by atoms with Gasteiger partial charge < -0.3 is 10.1 Å². The highest BCUT2D eigenvalue weighted by atomic mass is 32.2. The number of methoxy groups -OCH3 is 1. The van der Waals surface area contributed by atoms with Gasteiger partial charge in [0.05, 0.1) is 17.8 Å². The van der Waals surface area contributed by atoms with E-state index in [0.717, 1.165) is 25.9 Å². The molecule has 1 aromatic carbocycles. The molecule has 1 fully saturated rings. The van der Waals surface area contributed by atoms with E-state index in [1.807, 2.05) is 0 Å². The molecule has 1 unspecified atom stereocenters. The van der Waals surface area contributed by atoms with Crippen molar-refractivity contribution in [3.63, 3.8) is 0 Å². The highest BCUT2D eigenvalue weighted by Gasteiger charge is 2.22. The minimum Gasteiger partial charge on any atom is -0.497 e. The van der Waals surface area contributed by atoms with E-state index in [4.69, 9.17) is 4.74 Å². The number of piperidine rings is 1. The zero-order valence-corrected chi connectivity index (χ0v) is 11.4. The summed E-state index contributed by atoms with van der Waals surface area (Å²) in [6, 6.07) is 6.60. The van der Waals surface area contributed by atoms with Gasteiger partial charge >= 0.3 is 0 Å². The minimum absolute atomic E-state index is 0.228. The smallest absolute Gasteiger partial charge is 0.178 e. The summed E-state index contributed by atoms with van der Waals surface area (Å²) in [5.41, 5.74) is 0. The Kier molecular flexibility index (Phi) is 4.24. The van der Waals surface area contributed by atoms with Crippen molar-refractivity contribution in [2.45, 2.75) is 17.7 Å². The van der Waals surface area contributed by atoms with Crippen LogP contribution < -0.4 is 10.1 Å². The summed E-state index contributed by atoms with van der Waals surface area (Å²) in [5.74, 6) is 1.13. The average molecular weight is 269 g/mol. The lowest BCUT2D eigenvalue weighted by molar-refractivity contribution is 0.404. The number of rotatable bonds is 4. The van der Waals surface area contributed by atoms with Gasteiger partial charge in [-0.2, -0.15) is 0 Å². The fourth-order valence-corrected chi connectivity index (χ4v) is 3.90. The molecule has 0 aliphatic carbocycles. The molecule has 5 heteroatoms. The lowest BCUT2D eigenvalue weighted by Gasteiger charge is -2.22. The highest BCUT2D eigenvalue weighted by Crippen LogP contribution is 2.20. The topological polar surface area (TPSA) is 55.4 Å². The molecule has 4 nitrogen and oxygen atoms in total. The lowest BCUT2D eigenvalue weighted by atomic mass is 10.0. The molecule has 18 heavy (non-hydrogen) atoms. The van der Waals surface area contributed by atoms with Gasteiger partial charge in [-0.15, -0.1) is 0 Å². The van der Waals surface area contributed by atoms with Crippen LogP contribution in [-0.4, -0.2) is 34.4 Å². The second kappa shape index (κ2) is 5.71. The maximum Gasteiger partial charge on any atom is 0.178 e. The van der Waals surface area contributed by atoms with Crippen LogP contribution in [0.3, 0.4) is 0 Å². The number of hydrogen-bond acceptors (Lipinski definition) is 4. The molecular weight excluding hydrogens is 250 g/mol. The lowest BCUT2D eigenvalue weighted by Crippen LogP contribution is -2.33. The van der Waals surface area contributed by atoms with Crippen molar-refractivity contribution in [2.24, 2.45) is 5.92 Å². The summed E-state index contributed by atoms with van der Waals surface area (Å²) < 4.78 is 29.5. The molecule has 1 saturated heterocycles. The van der Waals surface area contributed by atoms with Crippen LogP contribution in [0.15, 0.2) is 29.2 Å². The van der Waals surface area contributed by atoms with Gasteiger partial charge in [0.25, 0.3) is 0 Å². The normalized spacial score (nSPS) is 20.6. The first-order valence-corrected chi connectivity index (χ1v) is 7.84. The quantitative estimate of drug-likeness (QED) is 0.899. The van der Waals surface area contributed by atoms with Gasteiger partial charge in [-0.25, -0.2) is 8.42 Å². The molecular formula is C13H19NO3S. The van der Waals surface area contributed by atoms with Crippen LogP contribution in [0.2, 0.25) is 0 Å². The van der Waals surface area contributed by atoms with Crippen LogP contribution >= 0.6 is 0 Å². The Morgan fingerprint density at radius 1 is 1.33 bits per heavy atom. The predicted molar refractivity (Wildman–Crippen MR) is 70.6 cm³/mol. The molecule has 1 N–H and O–H groups in total. The van der Waals surface area contributed by atoms with Crippen molar-refractivity contribution >= 4 is 9.84 Å². The third-order valence-corrected chi connectivity index (χ3v) is 5.17. The second-order valence-corrected chi connectivity index (χ2v) is 6.70. The predicted octanol–water partition coefficient (Wildman–Crippen LogP) is 1.47. The Morgan fingerprint density at radius 2 is 2.06 bits per heavy atom. The van der Waals surface area contributed by atoms with E-state index in [2.05, 4.69) is 5.32 Å². The molecule has 1 aliphatic rings. The molecule has 1 aliphatic heterocycles. The first kappa shape index (κ1) is 13.4. The molecule has 0 spiro atoms. The highest BCUT2D eigenvalue weighted by molar-refractivity contribution is 7.91. The van der Waals surface area contributed by atoms with E-state index in [1.165, 1.54) is 0 Å². The Bertz CT molecular complexity index is 475. The molecule has 1 aromatic rings. The summed E-state index contributed by atoms with van der Waals surface area (Å²) in [5, 5.41) is 3.24. The molecule has 1 heterocycles. The largest absolute Gasteiger partial charge is 0.497 e. The SMILES string of the molecule is COc1ccc(S(=O)(=O)CC2CCCNC2)cc1. The van der Waals surface area contributed by atoms with E-state index in [9.17, 15) is 8.42 Å². The van der Waals surface area contributed by atoms with Crippen molar-refractivity contribution in [3.05, 3.63) is 24.3 Å². The zero-order valence-electron chi connectivity index (χ0n) is 10.6. The molecule has 0 radical (unpaired) electrons. The van der Waals surface area contributed by atoms with Gasteiger partial charge in [-0.05, 0) is 56.1 Å². The Morgan fingerprint density at radius 3 is 2.61 bits per heavy atom. The van der Waals surface area contributed by atoms with E-state index >= 15 is 0 Å². The maximum atomic E-state index is 12.2. The van der Waals surface area contributed by atoms with Crippen LogP contribution in [0.4, 0.5) is 0 Å². The van der Waals surface area contributed by atoms with Gasteiger partial charge in [-0.3, -0.25) is 0 Å². The van der Waals surface area contributed by atoms with Crippen molar-refractivity contribution in [1.82, 2.24) is 5.32 Å². The Balaban J connectivity index is 2.08. The van der Waals surface area contributed by atoms with Gasteiger partial charge in [0, 0.05) is 0 Å². The summed E-state index contributed by atoms with van der Waals surface area (Å²) in [6.07, 6.45) is 2.05. The summed E-state index contributed by atoms with van der Waals surface area (Å²) in [7, 11) is -1.61. The van der Waals surface area contributed by atoms with E-state index in [0.29, 0.717) is 10.6 Å². The fourth-order valence-electron chi connectivity index (χ4n) is 2.26. The third kappa shape index (κ3) is 3.23. The number of hydrogen-bond donors (Lipinski definition) is 1. The van der Waals surface area contributed by atoms with Gasteiger partial charge in [0.15, 0.2) is 9.84 Å². The van der Waals surface area contributed by atoms with Crippen molar-refractivity contribution in [1.29, 1.82) is 0 Å². The molecule has 1 atom stereocenters. The van der Waals surface area contributed by atoms with Crippen LogP contribution in [0, 0.1) is 5.92 Å². The summed E-state index contributed by atoms with van der Waals surface area (Å²) in [4.78, 5) is 0.383. The number of nitrogens with one attached hydrogen (secondary N) is 1. The minimum atomic E-state index is -3.18. The van der Waals surface area contributed by atoms with Crippen molar-refractivity contribution in [3.8, 4) is 5.75 Å². The number of ether oxygens (including phenoxy) is 1. The van der Waals surface area contributed by atoms with Crippen LogP contribution in [0.25, 0.3) is 0 Å². The van der Waals surface area contributed by atoms with E-state index in [-0.39, 0.29) is 11.7 Å². The average Bonchev–Trinajstić information content (AvgIpc) is 2.39. The number of sulfone groups is 1.